The number of carboxylic acid groups (broad SMARTS) is 1. The zero-order valence-corrected chi connectivity index (χ0v) is 14.9. The predicted molar refractivity (Wildman–Crippen MR) is 91.5 cm³/mol. The van der Waals surface area contributed by atoms with Crippen LogP contribution in [0.3, 0.4) is 0 Å². The summed E-state index contributed by atoms with van der Waals surface area (Å²) in [6.07, 6.45) is 7.04. The summed E-state index contributed by atoms with van der Waals surface area (Å²) in [5.41, 5.74) is 6.23. The minimum Gasteiger partial charge on any atom is -0.480 e. The Bertz CT molecular complexity index is 652. The number of carboxylic acids is 1. The molecule has 26 heavy (non-hydrogen) atoms. The van der Waals surface area contributed by atoms with Crippen molar-refractivity contribution in [2.45, 2.75) is 25.9 Å². The van der Waals surface area contributed by atoms with Gasteiger partial charge in [-0.3, -0.25) is 9.59 Å². The van der Waals surface area contributed by atoms with Crippen LogP contribution in [0.4, 0.5) is 0 Å². The number of aromatic nitrogens is 4. The van der Waals surface area contributed by atoms with E-state index in [4.69, 9.17) is 15.9 Å². The molecule has 0 aliphatic carbocycles. The molecule has 0 saturated heterocycles. The van der Waals surface area contributed by atoms with E-state index in [1.54, 1.807) is 35.5 Å². The number of hydrogen-bond donors (Lipinski definition) is 3. The molecule has 10 heteroatoms. The lowest BCUT2D eigenvalue weighted by Gasteiger charge is -2.02. The van der Waals surface area contributed by atoms with Crippen molar-refractivity contribution in [1.29, 1.82) is 0 Å². The fraction of sp³-hybridized carbons (Fsp3) is 0.375. The highest BCUT2D eigenvalue weighted by Crippen LogP contribution is 2.09. The van der Waals surface area contributed by atoms with Crippen molar-refractivity contribution in [2.75, 3.05) is 14.2 Å². The number of ether oxygens (including phenoxy) is 1. The molecular formula is C16H24N5O5+. The van der Waals surface area contributed by atoms with Crippen LogP contribution >= 0.6 is 0 Å². The molecule has 2 aromatic heterocycles. The topological polar surface area (TPSA) is 152 Å². The number of methoxy groups -OCH3 is 1. The molecular weight excluding hydrogens is 342 g/mol. The number of carbonyl (C=O) groups excluding carboxylic acids is 1. The molecule has 10 nitrogen and oxygen atoms in total. The van der Waals surface area contributed by atoms with Gasteiger partial charge in [0.2, 0.25) is 0 Å². The lowest BCUT2D eigenvalue weighted by Crippen LogP contribution is -2.42. The fourth-order valence-corrected chi connectivity index (χ4v) is 1.49. The maximum atomic E-state index is 10.6. The third kappa shape index (κ3) is 9.35. The van der Waals surface area contributed by atoms with E-state index in [1.807, 2.05) is 6.07 Å². The number of esters is 1. The molecule has 2 rings (SSSR count). The largest absolute Gasteiger partial charge is 0.480 e. The summed E-state index contributed by atoms with van der Waals surface area (Å²) in [7, 11) is 2.35. The van der Waals surface area contributed by atoms with Gasteiger partial charge in [0, 0.05) is 44.5 Å². The first-order valence-corrected chi connectivity index (χ1v) is 7.55. The van der Waals surface area contributed by atoms with Crippen molar-refractivity contribution >= 4 is 11.9 Å². The number of carbonyl (C=O) groups is 2. The minimum atomic E-state index is -1.00. The van der Waals surface area contributed by atoms with E-state index in [-0.39, 0.29) is 5.97 Å². The molecule has 2 heterocycles. The maximum Gasteiger partial charge on any atom is 0.320 e. The number of aliphatic hydroxyl groups is 1. The Hall–Kier alpha value is -2.98. The summed E-state index contributed by atoms with van der Waals surface area (Å²) >= 11 is 0. The van der Waals surface area contributed by atoms with Crippen LogP contribution in [-0.2, 0) is 20.9 Å². The molecule has 0 aliphatic heterocycles. The number of rotatable bonds is 5. The number of nitrogens with zero attached hydrogens (tertiary/aromatic N) is 4. The molecule has 0 spiro atoms. The molecule has 2 aromatic rings. The maximum absolute atomic E-state index is 10.6. The Labute approximate surface area is 151 Å². The second kappa shape index (κ2) is 13.3. The summed E-state index contributed by atoms with van der Waals surface area (Å²) < 4.78 is 5.75. The van der Waals surface area contributed by atoms with Crippen LogP contribution in [0, 0.1) is 0 Å². The summed E-state index contributed by atoms with van der Waals surface area (Å²) in [6, 6.07) is 2.70. The first-order chi connectivity index (χ1) is 12.4. The quantitative estimate of drug-likeness (QED) is 0.466. The van der Waals surface area contributed by atoms with Gasteiger partial charge in [0.1, 0.15) is 12.2 Å². The van der Waals surface area contributed by atoms with Crippen molar-refractivity contribution in [1.82, 2.24) is 15.1 Å². The smallest absolute Gasteiger partial charge is 0.320 e. The molecule has 0 bridgehead atoms. The van der Waals surface area contributed by atoms with E-state index in [2.05, 4.69) is 19.8 Å². The van der Waals surface area contributed by atoms with Crippen LogP contribution in [0.2, 0.25) is 0 Å². The van der Waals surface area contributed by atoms with Crippen molar-refractivity contribution in [3.63, 3.8) is 0 Å². The van der Waals surface area contributed by atoms with Gasteiger partial charge < -0.3 is 20.7 Å². The summed E-state index contributed by atoms with van der Waals surface area (Å²) in [5.74, 6) is -0.649. The van der Waals surface area contributed by atoms with Gasteiger partial charge in [0.25, 0.3) is 0 Å². The van der Waals surface area contributed by atoms with Gasteiger partial charge in [-0.2, -0.15) is 0 Å². The fourth-order valence-electron chi connectivity index (χ4n) is 1.49. The third-order valence-electron chi connectivity index (χ3n) is 2.87. The van der Waals surface area contributed by atoms with E-state index in [0.717, 1.165) is 12.7 Å². The van der Waals surface area contributed by atoms with Crippen LogP contribution < -0.4 is 10.4 Å². The molecule has 142 valence electrons. The number of aryl methyl sites for hydroxylation is 1. The highest BCUT2D eigenvalue weighted by Gasteiger charge is 2.14. The normalized spacial score (nSPS) is 10.3. The Morgan fingerprint density at radius 3 is 2.31 bits per heavy atom. The standard InChI is InChI=1S/C12H13N5O2.C3H6O2.CH4O/c13-10(12(18)19)3-7-17-6-2-9(8-16-17)11-14-4-1-5-15-11;1-3(4)5-2;1-2/h1-2,4-6,8,10H,3,7,13H2;1-2H3;2H,1H3/p+1. The average Bonchev–Trinajstić information content (AvgIpc) is 2.69. The van der Waals surface area contributed by atoms with Crippen LogP contribution in [0.15, 0.2) is 36.9 Å². The number of hydrogen-bond acceptors (Lipinski definition) is 8. The molecule has 0 aromatic carbocycles. The molecule has 1 atom stereocenters. The molecule has 0 fully saturated rings. The van der Waals surface area contributed by atoms with Crippen molar-refractivity contribution in [2.24, 2.45) is 5.73 Å². The van der Waals surface area contributed by atoms with Gasteiger partial charge >= 0.3 is 11.9 Å². The molecule has 1 unspecified atom stereocenters. The minimum absolute atomic E-state index is 0.245. The van der Waals surface area contributed by atoms with E-state index in [0.29, 0.717) is 18.8 Å². The summed E-state index contributed by atoms with van der Waals surface area (Å²) in [4.78, 5) is 28.4. The Morgan fingerprint density at radius 1 is 1.31 bits per heavy atom. The van der Waals surface area contributed by atoms with E-state index in [1.165, 1.54) is 14.0 Å². The van der Waals surface area contributed by atoms with E-state index < -0.39 is 12.0 Å². The Morgan fingerprint density at radius 2 is 1.88 bits per heavy atom. The monoisotopic (exact) mass is 366 g/mol. The molecule has 0 aliphatic rings. The molecule has 4 N–H and O–H groups in total. The van der Waals surface area contributed by atoms with Gasteiger partial charge in [-0.1, -0.05) is 4.68 Å². The number of aliphatic carboxylic acids is 1. The van der Waals surface area contributed by atoms with Crippen LogP contribution in [0.1, 0.15) is 13.3 Å². The Kier molecular flexibility index (Phi) is 11.8. The van der Waals surface area contributed by atoms with Gasteiger partial charge in [-0.15, -0.1) is 0 Å². The molecule has 0 radical (unpaired) electrons. The zero-order valence-electron chi connectivity index (χ0n) is 14.9. The number of nitrogens with two attached hydrogens (primary N) is 1. The lowest BCUT2D eigenvalue weighted by atomic mass is 10.2. The average molecular weight is 366 g/mol. The summed E-state index contributed by atoms with van der Waals surface area (Å²) in [5, 5.41) is 19.9. The van der Waals surface area contributed by atoms with Gasteiger partial charge in [-0.05, 0) is 11.2 Å². The first-order valence-electron chi connectivity index (χ1n) is 7.55. The third-order valence-corrected chi connectivity index (χ3v) is 2.87. The van der Waals surface area contributed by atoms with Gasteiger partial charge in [-0.25, -0.2) is 9.97 Å². The second-order valence-corrected chi connectivity index (χ2v) is 4.68. The van der Waals surface area contributed by atoms with Crippen LogP contribution in [0.5, 0.6) is 0 Å². The van der Waals surface area contributed by atoms with Gasteiger partial charge in [0.15, 0.2) is 18.6 Å². The Balaban J connectivity index is 0.000000772. The van der Waals surface area contributed by atoms with Crippen LogP contribution in [0.25, 0.3) is 11.4 Å². The number of aliphatic hydroxyl groups excluding tert-OH is 1. The predicted octanol–water partition coefficient (Wildman–Crippen LogP) is -0.584. The van der Waals surface area contributed by atoms with Gasteiger partial charge in [0.05, 0.1) is 7.11 Å². The van der Waals surface area contributed by atoms with Crippen molar-refractivity contribution < 1.29 is 29.2 Å². The SMILES string of the molecule is CO.COC(C)=O.NC(CC[n+]1ccc(-c2ncccn2)cn1)C(=O)O. The van der Waals surface area contributed by atoms with Crippen molar-refractivity contribution in [3.8, 4) is 11.4 Å². The first kappa shape index (κ1) is 23.0. The lowest BCUT2D eigenvalue weighted by molar-refractivity contribution is -0.754. The highest BCUT2D eigenvalue weighted by molar-refractivity contribution is 5.72. The van der Waals surface area contributed by atoms with E-state index in [9.17, 15) is 9.59 Å². The summed E-state index contributed by atoms with van der Waals surface area (Å²) in [6.45, 7) is 1.81. The molecule has 0 saturated carbocycles. The molecule has 0 amide bonds. The van der Waals surface area contributed by atoms with E-state index >= 15 is 0 Å². The van der Waals surface area contributed by atoms with Crippen LogP contribution in [-0.4, -0.2) is 57.5 Å². The van der Waals surface area contributed by atoms with Crippen molar-refractivity contribution in [3.05, 3.63) is 36.9 Å². The highest BCUT2D eigenvalue weighted by atomic mass is 16.5. The second-order valence-electron chi connectivity index (χ2n) is 4.68. The zero-order chi connectivity index (χ0) is 19.9.